The van der Waals surface area contributed by atoms with Gasteiger partial charge in [-0.15, -0.1) is 0 Å². The second-order valence-corrected chi connectivity index (χ2v) is 10.9. The summed E-state index contributed by atoms with van der Waals surface area (Å²) in [6, 6.07) is 7.49. The van der Waals surface area contributed by atoms with Crippen molar-refractivity contribution in [1.29, 1.82) is 0 Å². The Morgan fingerprint density at radius 3 is 2.21 bits per heavy atom. The van der Waals surface area contributed by atoms with Crippen molar-refractivity contribution in [3.05, 3.63) is 42.2 Å². The number of pyridine rings is 2. The molecule has 0 aromatic carbocycles. The van der Waals surface area contributed by atoms with Gasteiger partial charge in [0.2, 0.25) is 0 Å². The summed E-state index contributed by atoms with van der Waals surface area (Å²) in [5.41, 5.74) is 1.86. The van der Waals surface area contributed by atoms with Crippen molar-refractivity contribution in [2.24, 2.45) is 0 Å². The van der Waals surface area contributed by atoms with Crippen molar-refractivity contribution in [3.63, 3.8) is 0 Å². The highest BCUT2D eigenvalue weighted by molar-refractivity contribution is 7.92. The van der Waals surface area contributed by atoms with Crippen molar-refractivity contribution in [1.82, 2.24) is 9.97 Å². The lowest BCUT2D eigenvalue weighted by Gasteiger charge is -2.21. The van der Waals surface area contributed by atoms with Gasteiger partial charge >= 0.3 is 0 Å². The molecule has 152 valence electrons. The van der Waals surface area contributed by atoms with Crippen LogP contribution < -0.4 is 10.2 Å². The van der Waals surface area contributed by atoms with E-state index in [2.05, 4.69) is 32.3 Å². The van der Waals surface area contributed by atoms with Gasteiger partial charge in [-0.1, -0.05) is 18.9 Å². The molecule has 3 rings (SSSR count). The maximum atomic E-state index is 12.4. The van der Waals surface area contributed by atoms with Crippen molar-refractivity contribution in [2.45, 2.75) is 62.8 Å². The summed E-state index contributed by atoms with van der Waals surface area (Å²) in [5.74, 6) is 1.05. The zero-order valence-electron chi connectivity index (χ0n) is 17.0. The van der Waals surface area contributed by atoms with E-state index in [0.29, 0.717) is 6.54 Å². The molecule has 0 saturated carbocycles. The van der Waals surface area contributed by atoms with Gasteiger partial charge in [-0.2, -0.15) is 0 Å². The van der Waals surface area contributed by atoms with Gasteiger partial charge in [-0.3, -0.25) is 0 Å². The number of sulfone groups is 1. The first-order valence-electron chi connectivity index (χ1n) is 9.92. The standard InChI is InChI=1S/C21H30N4O2S/c1-21(2,3)28(26,27)20-11-9-18(16-24-20)22-14-17-8-10-19(23-15-17)25-12-6-4-5-7-13-25/h8-11,15-16,22H,4-7,12-14H2,1-3H3. The fraction of sp³-hybridized carbons (Fsp3) is 0.524. The van der Waals surface area contributed by atoms with E-state index in [-0.39, 0.29) is 5.03 Å². The van der Waals surface area contributed by atoms with E-state index in [9.17, 15) is 8.42 Å². The van der Waals surface area contributed by atoms with E-state index in [4.69, 9.17) is 0 Å². The third kappa shape index (κ3) is 4.82. The Hall–Kier alpha value is -2.15. The molecule has 0 unspecified atom stereocenters. The average molecular weight is 403 g/mol. The molecule has 0 spiro atoms. The number of aromatic nitrogens is 2. The Kier molecular flexibility index (Phi) is 6.23. The summed E-state index contributed by atoms with van der Waals surface area (Å²) >= 11 is 0. The van der Waals surface area contributed by atoms with Crippen LogP contribution in [0, 0.1) is 0 Å². The Bertz CT molecular complexity index is 864. The zero-order chi connectivity index (χ0) is 20.2. The highest BCUT2D eigenvalue weighted by Gasteiger charge is 2.31. The predicted octanol–water partition coefficient (Wildman–Crippen LogP) is 4.04. The number of anilines is 2. The molecule has 0 atom stereocenters. The van der Waals surface area contributed by atoms with Crippen LogP contribution in [0.3, 0.4) is 0 Å². The second-order valence-electron chi connectivity index (χ2n) is 8.28. The average Bonchev–Trinajstić information content (AvgIpc) is 2.96. The molecule has 6 nitrogen and oxygen atoms in total. The molecule has 1 aliphatic heterocycles. The molecule has 1 fully saturated rings. The van der Waals surface area contributed by atoms with E-state index in [0.717, 1.165) is 30.2 Å². The summed E-state index contributed by atoms with van der Waals surface area (Å²) in [6.45, 7) is 7.82. The molecule has 3 heterocycles. The Morgan fingerprint density at radius 1 is 0.964 bits per heavy atom. The first kappa shape index (κ1) is 20.6. The second kappa shape index (κ2) is 8.47. The number of hydrogen-bond acceptors (Lipinski definition) is 6. The van der Waals surface area contributed by atoms with Crippen LogP contribution in [0.25, 0.3) is 0 Å². The molecule has 0 bridgehead atoms. The van der Waals surface area contributed by atoms with Crippen LogP contribution in [0.5, 0.6) is 0 Å². The maximum absolute atomic E-state index is 12.4. The van der Waals surface area contributed by atoms with Gasteiger partial charge in [-0.25, -0.2) is 18.4 Å². The summed E-state index contributed by atoms with van der Waals surface area (Å²) in [4.78, 5) is 11.1. The first-order chi connectivity index (χ1) is 13.3. The molecule has 7 heteroatoms. The van der Waals surface area contributed by atoms with E-state index in [1.54, 1.807) is 39.1 Å². The molecule has 1 aliphatic rings. The molecule has 2 aromatic heterocycles. The summed E-state index contributed by atoms with van der Waals surface area (Å²) in [6.07, 6.45) is 8.55. The predicted molar refractivity (Wildman–Crippen MR) is 113 cm³/mol. The van der Waals surface area contributed by atoms with Crippen LogP contribution in [0.2, 0.25) is 0 Å². The highest BCUT2D eigenvalue weighted by Crippen LogP contribution is 2.24. The van der Waals surface area contributed by atoms with Gasteiger partial charge in [0.15, 0.2) is 14.9 Å². The summed E-state index contributed by atoms with van der Waals surface area (Å²) in [7, 11) is -3.43. The lowest BCUT2D eigenvalue weighted by Crippen LogP contribution is -2.28. The molecule has 0 aliphatic carbocycles. The maximum Gasteiger partial charge on any atom is 0.200 e. The highest BCUT2D eigenvalue weighted by atomic mass is 32.2. The fourth-order valence-corrected chi connectivity index (χ4v) is 4.24. The molecule has 0 amide bonds. The van der Waals surface area contributed by atoms with Gasteiger partial charge in [0, 0.05) is 25.8 Å². The van der Waals surface area contributed by atoms with Gasteiger partial charge in [0.25, 0.3) is 0 Å². The largest absolute Gasteiger partial charge is 0.380 e. The molecule has 1 N–H and O–H groups in total. The number of nitrogens with one attached hydrogen (secondary N) is 1. The molecule has 1 saturated heterocycles. The van der Waals surface area contributed by atoms with Crippen molar-refractivity contribution >= 4 is 21.3 Å². The minimum atomic E-state index is -3.43. The third-order valence-electron chi connectivity index (χ3n) is 5.05. The lowest BCUT2D eigenvalue weighted by atomic mass is 10.2. The zero-order valence-corrected chi connectivity index (χ0v) is 17.8. The quantitative estimate of drug-likeness (QED) is 0.813. The topological polar surface area (TPSA) is 75.2 Å². The van der Waals surface area contributed by atoms with Crippen molar-refractivity contribution < 1.29 is 8.42 Å². The van der Waals surface area contributed by atoms with Gasteiger partial charge in [-0.05, 0) is 57.4 Å². The molecule has 2 aromatic rings. The van der Waals surface area contributed by atoms with E-state index in [1.165, 1.54) is 25.7 Å². The van der Waals surface area contributed by atoms with Gasteiger partial charge < -0.3 is 10.2 Å². The van der Waals surface area contributed by atoms with Crippen LogP contribution in [0.1, 0.15) is 52.0 Å². The van der Waals surface area contributed by atoms with Gasteiger partial charge in [0.1, 0.15) is 5.82 Å². The van der Waals surface area contributed by atoms with Crippen LogP contribution in [0.4, 0.5) is 11.5 Å². The van der Waals surface area contributed by atoms with E-state index < -0.39 is 14.6 Å². The van der Waals surface area contributed by atoms with Crippen LogP contribution in [-0.4, -0.2) is 36.2 Å². The Labute approximate surface area is 168 Å². The minimum absolute atomic E-state index is 0.106. The number of nitrogens with zero attached hydrogens (tertiary/aromatic N) is 3. The summed E-state index contributed by atoms with van der Waals surface area (Å²) in [5, 5.41) is 3.38. The van der Waals surface area contributed by atoms with Crippen LogP contribution >= 0.6 is 0 Å². The minimum Gasteiger partial charge on any atom is -0.380 e. The van der Waals surface area contributed by atoms with Gasteiger partial charge in [0.05, 0.1) is 16.6 Å². The van der Waals surface area contributed by atoms with Crippen molar-refractivity contribution in [3.8, 4) is 0 Å². The normalized spacial score (nSPS) is 15.9. The molecule has 28 heavy (non-hydrogen) atoms. The molecular weight excluding hydrogens is 372 g/mol. The third-order valence-corrected chi connectivity index (χ3v) is 7.46. The van der Waals surface area contributed by atoms with E-state index in [1.807, 2.05) is 6.20 Å². The molecule has 0 radical (unpaired) electrons. The smallest absolute Gasteiger partial charge is 0.200 e. The monoisotopic (exact) mass is 402 g/mol. The lowest BCUT2D eigenvalue weighted by molar-refractivity contribution is 0.556. The Morgan fingerprint density at radius 2 is 1.68 bits per heavy atom. The number of hydrogen-bond donors (Lipinski definition) is 1. The number of rotatable bonds is 5. The summed E-state index contributed by atoms with van der Waals surface area (Å²) < 4.78 is 24.0. The van der Waals surface area contributed by atoms with Crippen LogP contribution in [-0.2, 0) is 16.4 Å². The first-order valence-corrected chi connectivity index (χ1v) is 11.4. The van der Waals surface area contributed by atoms with Crippen LogP contribution in [0.15, 0.2) is 41.7 Å². The molecular formula is C21H30N4O2S. The SMILES string of the molecule is CC(C)(C)S(=O)(=O)c1ccc(NCc2ccc(N3CCCCCC3)nc2)cn1. The van der Waals surface area contributed by atoms with Crippen molar-refractivity contribution in [2.75, 3.05) is 23.3 Å². The Balaban J connectivity index is 1.60. The fourth-order valence-electron chi connectivity index (χ4n) is 3.17. The van der Waals surface area contributed by atoms with E-state index >= 15 is 0 Å².